The van der Waals surface area contributed by atoms with E-state index in [1.165, 1.54) is 17.1 Å². The molecule has 20 heavy (non-hydrogen) atoms. The molecule has 2 nitrogen and oxygen atoms in total. The number of rotatable bonds is 2. The first kappa shape index (κ1) is 14.2. The Hall–Kier alpha value is -0.800. The Labute approximate surface area is 125 Å². The van der Waals surface area contributed by atoms with Crippen molar-refractivity contribution in [2.75, 3.05) is 18.1 Å². The van der Waals surface area contributed by atoms with Crippen molar-refractivity contribution in [1.29, 1.82) is 0 Å². The summed E-state index contributed by atoms with van der Waals surface area (Å²) in [6.07, 6.45) is 4.01. The molecule has 0 radical (unpaired) electrons. The van der Waals surface area contributed by atoms with Gasteiger partial charge >= 0.3 is 0 Å². The molecule has 1 unspecified atom stereocenters. The molecule has 1 aromatic rings. The predicted octanol–water partition coefficient (Wildman–Crippen LogP) is 3.87. The molecule has 0 saturated carbocycles. The van der Waals surface area contributed by atoms with E-state index in [-0.39, 0.29) is 11.5 Å². The first-order chi connectivity index (χ1) is 9.69. The van der Waals surface area contributed by atoms with Gasteiger partial charge in [0.25, 0.3) is 0 Å². The number of thioether (sulfide) groups is 1. The van der Waals surface area contributed by atoms with Crippen LogP contribution in [0.3, 0.4) is 0 Å². The van der Waals surface area contributed by atoms with E-state index in [2.05, 4.69) is 6.92 Å². The minimum atomic E-state index is -0.00543. The molecule has 1 spiro atoms. The Morgan fingerprint density at radius 3 is 2.65 bits per heavy atom. The fourth-order valence-corrected chi connectivity index (χ4v) is 4.53. The van der Waals surface area contributed by atoms with Gasteiger partial charge in [-0.2, -0.15) is 11.8 Å². The number of Topliss-reactive ketones (excluding diaryl/α,β-unsaturated/α-hetero) is 1. The van der Waals surface area contributed by atoms with Crippen LogP contribution in [0.1, 0.15) is 41.6 Å². The first-order valence-electron chi connectivity index (χ1n) is 7.51. The maximum Gasteiger partial charge on any atom is 0.166 e. The first-order valence-corrected chi connectivity index (χ1v) is 8.67. The van der Waals surface area contributed by atoms with Gasteiger partial charge in [-0.05, 0) is 44.1 Å². The smallest absolute Gasteiger partial charge is 0.166 e. The molecule has 3 heteroatoms. The monoisotopic (exact) mass is 290 g/mol. The van der Waals surface area contributed by atoms with E-state index in [9.17, 15) is 4.79 Å². The largest absolute Gasteiger partial charge is 0.375 e. The molecule has 108 valence electrons. The Morgan fingerprint density at radius 2 is 1.95 bits per heavy atom. The molecule has 0 bridgehead atoms. The van der Waals surface area contributed by atoms with Crippen molar-refractivity contribution in [3.63, 3.8) is 0 Å². The fourth-order valence-electron chi connectivity index (χ4n) is 3.30. The van der Waals surface area contributed by atoms with E-state index >= 15 is 0 Å². The van der Waals surface area contributed by atoms with E-state index in [4.69, 9.17) is 4.74 Å². The van der Waals surface area contributed by atoms with Gasteiger partial charge in [0.1, 0.15) is 0 Å². The van der Waals surface area contributed by atoms with Crippen LogP contribution in [0.15, 0.2) is 24.3 Å². The van der Waals surface area contributed by atoms with E-state index in [0.29, 0.717) is 5.78 Å². The number of hydrogen-bond donors (Lipinski definition) is 0. The van der Waals surface area contributed by atoms with E-state index < -0.39 is 0 Å². The highest BCUT2D eigenvalue weighted by Crippen LogP contribution is 2.40. The van der Waals surface area contributed by atoms with E-state index in [0.717, 1.165) is 37.9 Å². The maximum absolute atomic E-state index is 12.7. The molecule has 0 aromatic heterocycles. The number of ketones is 1. The zero-order valence-corrected chi connectivity index (χ0v) is 12.9. The van der Waals surface area contributed by atoms with Crippen molar-refractivity contribution < 1.29 is 9.53 Å². The molecule has 1 aromatic carbocycles. The van der Waals surface area contributed by atoms with Gasteiger partial charge in [0, 0.05) is 18.1 Å². The third-order valence-electron chi connectivity index (χ3n) is 4.60. The Bertz CT molecular complexity index is 469. The van der Waals surface area contributed by atoms with Crippen molar-refractivity contribution in [3.05, 3.63) is 35.4 Å². The summed E-state index contributed by atoms with van der Waals surface area (Å²) in [6, 6.07) is 7.99. The highest BCUT2D eigenvalue weighted by atomic mass is 32.2. The van der Waals surface area contributed by atoms with Crippen LogP contribution in [-0.2, 0) is 4.74 Å². The second-order valence-electron chi connectivity index (χ2n) is 6.06. The number of ether oxygens (including phenoxy) is 1. The summed E-state index contributed by atoms with van der Waals surface area (Å²) < 4.78 is 6.08. The van der Waals surface area contributed by atoms with Gasteiger partial charge in [-0.3, -0.25) is 4.79 Å². The molecular formula is C17H22O2S. The average Bonchev–Trinajstić information content (AvgIpc) is 2.48. The van der Waals surface area contributed by atoms with Gasteiger partial charge in [0.05, 0.1) is 5.60 Å². The molecule has 3 rings (SSSR count). The lowest BCUT2D eigenvalue weighted by atomic mass is 9.79. The summed E-state index contributed by atoms with van der Waals surface area (Å²) in [5.74, 6) is 2.80. The second-order valence-corrected chi connectivity index (χ2v) is 7.29. The summed E-state index contributed by atoms with van der Waals surface area (Å²) in [6.45, 7) is 2.80. The molecule has 2 heterocycles. The lowest BCUT2D eigenvalue weighted by Gasteiger charge is -2.42. The van der Waals surface area contributed by atoms with Gasteiger partial charge in [-0.1, -0.05) is 29.8 Å². The van der Waals surface area contributed by atoms with Crippen LogP contribution in [0.4, 0.5) is 0 Å². The SMILES string of the molecule is Cc1ccc(C(=O)C2CCOC3(CCSCC3)C2)cc1. The Balaban J connectivity index is 1.73. The number of carbonyl (C=O) groups is 1. The molecule has 2 fully saturated rings. The van der Waals surface area contributed by atoms with Crippen molar-refractivity contribution in [2.45, 2.75) is 38.2 Å². The van der Waals surface area contributed by atoms with Crippen LogP contribution in [-0.4, -0.2) is 29.5 Å². The van der Waals surface area contributed by atoms with Gasteiger partial charge in [-0.25, -0.2) is 0 Å². The maximum atomic E-state index is 12.7. The summed E-state index contributed by atoms with van der Waals surface area (Å²) >= 11 is 2.01. The van der Waals surface area contributed by atoms with Crippen LogP contribution in [0.2, 0.25) is 0 Å². The van der Waals surface area contributed by atoms with Gasteiger partial charge in [0.15, 0.2) is 5.78 Å². The van der Waals surface area contributed by atoms with Crippen LogP contribution < -0.4 is 0 Å². The zero-order chi connectivity index (χ0) is 14.0. The van der Waals surface area contributed by atoms with E-state index in [1.807, 2.05) is 36.0 Å². The van der Waals surface area contributed by atoms with Crippen molar-refractivity contribution >= 4 is 17.5 Å². The van der Waals surface area contributed by atoms with Crippen LogP contribution in [0, 0.1) is 12.8 Å². The van der Waals surface area contributed by atoms with Crippen LogP contribution in [0.5, 0.6) is 0 Å². The van der Waals surface area contributed by atoms with Gasteiger partial charge in [0.2, 0.25) is 0 Å². The number of carbonyl (C=O) groups excluding carboxylic acids is 1. The molecule has 2 saturated heterocycles. The topological polar surface area (TPSA) is 26.3 Å². The summed E-state index contributed by atoms with van der Waals surface area (Å²) in [7, 11) is 0. The Kier molecular flexibility index (Phi) is 4.18. The Morgan fingerprint density at radius 1 is 1.25 bits per heavy atom. The van der Waals surface area contributed by atoms with Crippen LogP contribution in [0.25, 0.3) is 0 Å². The molecule has 0 amide bonds. The van der Waals surface area contributed by atoms with Crippen molar-refractivity contribution in [2.24, 2.45) is 5.92 Å². The number of benzene rings is 1. The van der Waals surface area contributed by atoms with Crippen molar-refractivity contribution in [3.8, 4) is 0 Å². The summed E-state index contributed by atoms with van der Waals surface area (Å²) in [5.41, 5.74) is 2.06. The van der Waals surface area contributed by atoms with Gasteiger partial charge in [-0.15, -0.1) is 0 Å². The van der Waals surface area contributed by atoms with E-state index in [1.54, 1.807) is 0 Å². The molecule has 0 N–H and O–H groups in total. The average molecular weight is 290 g/mol. The zero-order valence-electron chi connectivity index (χ0n) is 12.1. The van der Waals surface area contributed by atoms with Crippen molar-refractivity contribution in [1.82, 2.24) is 0 Å². The second kappa shape index (κ2) is 5.90. The minimum Gasteiger partial charge on any atom is -0.375 e. The lowest BCUT2D eigenvalue weighted by molar-refractivity contribution is -0.0959. The molecular weight excluding hydrogens is 268 g/mol. The molecule has 2 aliphatic rings. The predicted molar refractivity (Wildman–Crippen MR) is 83.5 cm³/mol. The van der Waals surface area contributed by atoms with Gasteiger partial charge < -0.3 is 4.74 Å². The summed E-state index contributed by atoms with van der Waals surface area (Å²) in [5, 5.41) is 0. The normalized spacial score (nSPS) is 25.6. The lowest BCUT2D eigenvalue weighted by Crippen LogP contribution is -2.44. The minimum absolute atomic E-state index is 0.00543. The highest BCUT2D eigenvalue weighted by molar-refractivity contribution is 7.99. The number of aryl methyl sites for hydroxylation is 1. The van der Waals surface area contributed by atoms with Crippen LogP contribution >= 0.6 is 11.8 Å². The molecule has 2 aliphatic heterocycles. The summed E-state index contributed by atoms with van der Waals surface area (Å²) in [4.78, 5) is 12.7. The molecule has 0 aliphatic carbocycles. The standard InChI is InChI=1S/C17H22O2S/c1-13-2-4-14(5-3-13)16(18)15-6-9-19-17(12-15)7-10-20-11-8-17/h2-5,15H,6-12H2,1H3. The highest BCUT2D eigenvalue weighted by Gasteiger charge is 2.40. The third-order valence-corrected chi connectivity index (χ3v) is 5.59. The quantitative estimate of drug-likeness (QED) is 0.773. The third kappa shape index (κ3) is 2.94. The molecule has 1 atom stereocenters. The fraction of sp³-hybridized carbons (Fsp3) is 0.588. The number of hydrogen-bond acceptors (Lipinski definition) is 3.